The SMILES string of the molecule is COc1ccc(OC)c(S(=O)(=O)N[C@H]2CCCC[C@H]2C)c1. The average Bonchev–Trinajstić information content (AvgIpc) is 2.48. The summed E-state index contributed by atoms with van der Waals surface area (Å²) in [6.45, 7) is 2.09. The minimum absolute atomic E-state index is 0.0142. The van der Waals surface area contributed by atoms with Crippen LogP contribution in [0.5, 0.6) is 11.5 Å². The van der Waals surface area contributed by atoms with E-state index in [0.717, 1.165) is 19.3 Å². The van der Waals surface area contributed by atoms with Gasteiger partial charge in [0.2, 0.25) is 10.0 Å². The van der Waals surface area contributed by atoms with Crippen molar-refractivity contribution in [3.63, 3.8) is 0 Å². The van der Waals surface area contributed by atoms with E-state index >= 15 is 0 Å². The third-order valence-corrected chi connectivity index (χ3v) is 5.59. The second kappa shape index (κ2) is 6.66. The minimum atomic E-state index is -3.62. The predicted octanol–water partition coefficient (Wildman–Crippen LogP) is 2.56. The first kappa shape index (κ1) is 16.1. The third kappa shape index (κ3) is 3.68. The van der Waals surface area contributed by atoms with Gasteiger partial charge in [-0.2, -0.15) is 0 Å². The molecule has 0 aliphatic heterocycles. The molecule has 21 heavy (non-hydrogen) atoms. The van der Waals surface area contributed by atoms with Crippen LogP contribution >= 0.6 is 0 Å². The van der Waals surface area contributed by atoms with Gasteiger partial charge in [-0.15, -0.1) is 0 Å². The molecule has 6 heteroatoms. The zero-order chi connectivity index (χ0) is 15.5. The Bertz CT molecular complexity index is 585. The van der Waals surface area contributed by atoms with Crippen LogP contribution in [0.15, 0.2) is 23.1 Å². The molecule has 1 saturated carbocycles. The van der Waals surface area contributed by atoms with Crippen LogP contribution in [0.2, 0.25) is 0 Å². The predicted molar refractivity (Wildman–Crippen MR) is 81.3 cm³/mol. The van der Waals surface area contributed by atoms with E-state index < -0.39 is 10.0 Å². The lowest BCUT2D eigenvalue weighted by atomic mass is 9.87. The Labute approximate surface area is 126 Å². The quantitative estimate of drug-likeness (QED) is 0.907. The van der Waals surface area contributed by atoms with Crippen molar-refractivity contribution in [2.75, 3.05) is 14.2 Å². The van der Waals surface area contributed by atoms with Crippen molar-refractivity contribution in [3.05, 3.63) is 18.2 Å². The van der Waals surface area contributed by atoms with Gasteiger partial charge in [0.1, 0.15) is 16.4 Å². The molecule has 2 rings (SSSR count). The number of methoxy groups -OCH3 is 2. The highest BCUT2D eigenvalue weighted by molar-refractivity contribution is 7.89. The Hall–Kier alpha value is -1.27. The van der Waals surface area contributed by atoms with Crippen LogP contribution in [0, 0.1) is 5.92 Å². The molecular formula is C15H23NO4S. The fourth-order valence-electron chi connectivity index (χ4n) is 2.75. The Kier molecular flexibility index (Phi) is 5.11. The molecule has 0 saturated heterocycles. The fourth-order valence-corrected chi connectivity index (χ4v) is 4.31. The van der Waals surface area contributed by atoms with Gasteiger partial charge in [-0.05, 0) is 30.9 Å². The molecular weight excluding hydrogens is 290 g/mol. The van der Waals surface area contributed by atoms with Gasteiger partial charge in [0, 0.05) is 12.1 Å². The molecule has 0 spiro atoms. The summed E-state index contributed by atoms with van der Waals surface area (Å²) < 4.78 is 38.4. The summed E-state index contributed by atoms with van der Waals surface area (Å²) in [4.78, 5) is 0.127. The first-order chi connectivity index (χ1) is 9.97. The Morgan fingerprint density at radius 1 is 1.14 bits per heavy atom. The molecule has 1 fully saturated rings. The van der Waals surface area contributed by atoms with Crippen LogP contribution in [0.25, 0.3) is 0 Å². The van der Waals surface area contributed by atoms with Crippen molar-refractivity contribution in [3.8, 4) is 11.5 Å². The van der Waals surface area contributed by atoms with E-state index in [0.29, 0.717) is 17.4 Å². The van der Waals surface area contributed by atoms with Gasteiger partial charge < -0.3 is 9.47 Å². The van der Waals surface area contributed by atoms with E-state index in [4.69, 9.17) is 9.47 Å². The maximum absolute atomic E-state index is 12.6. The first-order valence-corrected chi connectivity index (χ1v) is 8.70. The molecule has 0 amide bonds. The number of benzene rings is 1. The van der Waals surface area contributed by atoms with Gasteiger partial charge in [0.05, 0.1) is 14.2 Å². The Morgan fingerprint density at radius 3 is 2.48 bits per heavy atom. The third-order valence-electron chi connectivity index (χ3n) is 4.08. The lowest BCUT2D eigenvalue weighted by Gasteiger charge is -2.29. The molecule has 1 aromatic rings. The molecule has 118 valence electrons. The van der Waals surface area contributed by atoms with Crippen LogP contribution in [-0.4, -0.2) is 28.7 Å². The maximum atomic E-state index is 12.6. The van der Waals surface area contributed by atoms with Crippen molar-refractivity contribution in [2.45, 2.75) is 43.5 Å². The highest BCUT2D eigenvalue weighted by Crippen LogP contribution is 2.30. The van der Waals surface area contributed by atoms with E-state index in [9.17, 15) is 8.42 Å². The van der Waals surface area contributed by atoms with Gasteiger partial charge in [0.25, 0.3) is 0 Å². The van der Waals surface area contributed by atoms with Crippen LogP contribution in [-0.2, 0) is 10.0 Å². The maximum Gasteiger partial charge on any atom is 0.244 e. The molecule has 2 atom stereocenters. The average molecular weight is 313 g/mol. The van der Waals surface area contributed by atoms with E-state index in [1.54, 1.807) is 12.1 Å². The summed E-state index contributed by atoms with van der Waals surface area (Å²) in [5, 5.41) is 0. The highest BCUT2D eigenvalue weighted by Gasteiger charge is 2.28. The van der Waals surface area contributed by atoms with Gasteiger partial charge >= 0.3 is 0 Å². The fraction of sp³-hybridized carbons (Fsp3) is 0.600. The van der Waals surface area contributed by atoms with E-state index in [1.807, 2.05) is 0 Å². The monoisotopic (exact) mass is 313 g/mol. The van der Waals surface area contributed by atoms with E-state index in [1.165, 1.54) is 26.7 Å². The largest absolute Gasteiger partial charge is 0.497 e. The van der Waals surface area contributed by atoms with Crippen molar-refractivity contribution in [1.82, 2.24) is 4.72 Å². The standard InChI is InChI=1S/C15H23NO4S/c1-11-6-4-5-7-13(11)16-21(17,18)15-10-12(19-2)8-9-14(15)20-3/h8-11,13,16H,4-7H2,1-3H3/t11-,13+/m1/s1. The van der Waals surface area contributed by atoms with Crippen molar-refractivity contribution in [1.29, 1.82) is 0 Å². The van der Waals surface area contributed by atoms with Crippen molar-refractivity contribution >= 4 is 10.0 Å². The van der Waals surface area contributed by atoms with Gasteiger partial charge in [0.15, 0.2) is 0 Å². The van der Waals surface area contributed by atoms with Crippen LogP contribution < -0.4 is 14.2 Å². The Balaban J connectivity index is 2.30. The second-order valence-electron chi connectivity index (χ2n) is 5.51. The zero-order valence-corrected chi connectivity index (χ0v) is 13.6. The summed E-state index contributed by atoms with van der Waals surface area (Å²) in [7, 11) is -0.652. The Morgan fingerprint density at radius 2 is 1.86 bits per heavy atom. The lowest BCUT2D eigenvalue weighted by molar-refractivity contribution is 0.310. The van der Waals surface area contributed by atoms with Crippen LogP contribution in [0.3, 0.4) is 0 Å². The van der Waals surface area contributed by atoms with E-state index in [-0.39, 0.29) is 10.9 Å². The molecule has 0 radical (unpaired) electrons. The van der Waals surface area contributed by atoms with Crippen LogP contribution in [0.1, 0.15) is 32.6 Å². The number of hydrogen-bond donors (Lipinski definition) is 1. The minimum Gasteiger partial charge on any atom is -0.497 e. The number of rotatable bonds is 5. The lowest BCUT2D eigenvalue weighted by Crippen LogP contribution is -2.41. The molecule has 1 aliphatic rings. The zero-order valence-electron chi connectivity index (χ0n) is 12.8. The van der Waals surface area contributed by atoms with Crippen molar-refractivity contribution < 1.29 is 17.9 Å². The molecule has 0 bridgehead atoms. The van der Waals surface area contributed by atoms with Gasteiger partial charge in [-0.3, -0.25) is 0 Å². The molecule has 5 nitrogen and oxygen atoms in total. The number of nitrogens with one attached hydrogen (secondary N) is 1. The van der Waals surface area contributed by atoms with Crippen LogP contribution in [0.4, 0.5) is 0 Å². The van der Waals surface area contributed by atoms with Gasteiger partial charge in [-0.1, -0.05) is 19.8 Å². The topological polar surface area (TPSA) is 64.6 Å². The molecule has 0 aromatic heterocycles. The number of hydrogen-bond acceptors (Lipinski definition) is 4. The normalized spacial score (nSPS) is 22.8. The summed E-state index contributed by atoms with van der Waals surface area (Å²) in [5.74, 6) is 1.17. The van der Waals surface area contributed by atoms with E-state index in [2.05, 4.69) is 11.6 Å². The molecule has 1 N–H and O–H groups in total. The molecule has 0 heterocycles. The summed E-state index contributed by atoms with van der Waals surface area (Å²) in [6.07, 6.45) is 4.17. The molecule has 0 unspecified atom stereocenters. The molecule has 1 aliphatic carbocycles. The first-order valence-electron chi connectivity index (χ1n) is 7.22. The molecule has 1 aromatic carbocycles. The number of ether oxygens (including phenoxy) is 2. The smallest absolute Gasteiger partial charge is 0.244 e. The summed E-state index contributed by atoms with van der Waals surface area (Å²) in [6, 6.07) is 4.77. The summed E-state index contributed by atoms with van der Waals surface area (Å²) >= 11 is 0. The summed E-state index contributed by atoms with van der Waals surface area (Å²) in [5.41, 5.74) is 0. The second-order valence-corrected chi connectivity index (χ2v) is 7.19. The number of sulfonamides is 1. The van der Waals surface area contributed by atoms with Crippen molar-refractivity contribution in [2.24, 2.45) is 5.92 Å². The highest BCUT2D eigenvalue weighted by atomic mass is 32.2. The van der Waals surface area contributed by atoms with Gasteiger partial charge in [-0.25, -0.2) is 13.1 Å².